The zero-order valence-corrected chi connectivity index (χ0v) is 19.8. The molecule has 3 aromatic rings. The average Bonchev–Trinajstić information content (AvgIpc) is 2.88. The molecule has 0 amide bonds. The molecule has 0 saturated carbocycles. The van der Waals surface area contributed by atoms with Gasteiger partial charge in [-0.05, 0) is 55.2 Å². The maximum absolute atomic E-state index is 12.9. The van der Waals surface area contributed by atoms with Crippen molar-refractivity contribution in [1.29, 1.82) is 0 Å². The number of ketones is 1. The molecule has 1 heterocycles. The van der Waals surface area contributed by atoms with Gasteiger partial charge in [0.2, 0.25) is 10.0 Å². The molecule has 7 heteroatoms. The monoisotopic (exact) mass is 477 g/mol. The summed E-state index contributed by atoms with van der Waals surface area (Å²) < 4.78 is 32.5. The van der Waals surface area contributed by atoms with Crippen molar-refractivity contribution in [3.63, 3.8) is 0 Å². The van der Waals surface area contributed by atoms with Crippen LogP contribution in [0.1, 0.15) is 46.9 Å². The molecule has 1 saturated heterocycles. The van der Waals surface area contributed by atoms with Crippen molar-refractivity contribution in [2.75, 3.05) is 13.2 Å². The molecule has 6 nitrogen and oxygen atoms in total. The molecule has 176 valence electrons. The molecule has 1 aliphatic rings. The SMILES string of the molecule is C[C@@H]1CCCCN1S(=O)(=O)c1ccc(C(=O)OCC(=O)c2ccc(-c3ccccc3)cc2)cc1. The van der Waals surface area contributed by atoms with Crippen molar-refractivity contribution in [2.24, 2.45) is 0 Å². The molecule has 1 atom stereocenters. The summed E-state index contributed by atoms with van der Waals surface area (Å²) in [6.07, 6.45) is 2.71. The van der Waals surface area contributed by atoms with Crippen LogP contribution in [-0.2, 0) is 14.8 Å². The molecule has 1 fully saturated rings. The number of hydrogen-bond donors (Lipinski definition) is 0. The Morgan fingerprint density at radius 2 is 1.47 bits per heavy atom. The van der Waals surface area contributed by atoms with Gasteiger partial charge in [-0.1, -0.05) is 61.0 Å². The fraction of sp³-hybridized carbons (Fsp3) is 0.259. The molecule has 0 bridgehead atoms. The molecule has 4 rings (SSSR count). The van der Waals surface area contributed by atoms with Gasteiger partial charge in [-0.25, -0.2) is 13.2 Å². The van der Waals surface area contributed by atoms with Crippen LogP contribution >= 0.6 is 0 Å². The van der Waals surface area contributed by atoms with E-state index in [0.29, 0.717) is 12.1 Å². The van der Waals surface area contributed by atoms with E-state index in [2.05, 4.69) is 0 Å². The van der Waals surface area contributed by atoms with Crippen LogP contribution in [0.2, 0.25) is 0 Å². The minimum Gasteiger partial charge on any atom is -0.454 e. The van der Waals surface area contributed by atoms with E-state index in [9.17, 15) is 18.0 Å². The normalized spacial score (nSPS) is 16.7. The number of nitrogens with zero attached hydrogens (tertiary/aromatic N) is 1. The van der Waals surface area contributed by atoms with Gasteiger partial charge >= 0.3 is 5.97 Å². The number of rotatable bonds is 7. The largest absolute Gasteiger partial charge is 0.454 e. The van der Waals surface area contributed by atoms with Gasteiger partial charge in [0.05, 0.1) is 10.5 Å². The summed E-state index contributed by atoms with van der Waals surface area (Å²) in [5.41, 5.74) is 2.68. The number of sulfonamides is 1. The van der Waals surface area contributed by atoms with Gasteiger partial charge < -0.3 is 4.74 Å². The third-order valence-electron chi connectivity index (χ3n) is 6.09. The van der Waals surface area contributed by atoms with E-state index >= 15 is 0 Å². The van der Waals surface area contributed by atoms with Crippen molar-refractivity contribution < 1.29 is 22.7 Å². The number of hydrogen-bond acceptors (Lipinski definition) is 5. The molecule has 1 aliphatic heterocycles. The summed E-state index contributed by atoms with van der Waals surface area (Å²) in [5.74, 6) is -0.990. The van der Waals surface area contributed by atoms with E-state index in [4.69, 9.17) is 4.74 Å². The van der Waals surface area contributed by atoms with Crippen LogP contribution in [0, 0.1) is 0 Å². The number of esters is 1. The minimum atomic E-state index is -3.61. The van der Waals surface area contributed by atoms with Crippen molar-refractivity contribution in [3.8, 4) is 11.1 Å². The molecule has 34 heavy (non-hydrogen) atoms. The zero-order valence-electron chi connectivity index (χ0n) is 19.0. The van der Waals surface area contributed by atoms with E-state index in [0.717, 1.165) is 30.4 Å². The maximum atomic E-state index is 12.9. The van der Waals surface area contributed by atoms with Gasteiger partial charge in [0, 0.05) is 18.2 Å². The highest BCUT2D eigenvalue weighted by Crippen LogP contribution is 2.25. The summed E-state index contributed by atoms with van der Waals surface area (Å²) >= 11 is 0. The minimum absolute atomic E-state index is 0.0452. The number of piperidine rings is 1. The molecule has 0 N–H and O–H groups in total. The Morgan fingerprint density at radius 1 is 0.853 bits per heavy atom. The van der Waals surface area contributed by atoms with Crippen molar-refractivity contribution in [3.05, 3.63) is 90.0 Å². The van der Waals surface area contributed by atoms with E-state index < -0.39 is 22.6 Å². The van der Waals surface area contributed by atoms with Gasteiger partial charge in [-0.15, -0.1) is 0 Å². The van der Waals surface area contributed by atoms with Crippen LogP contribution in [0.5, 0.6) is 0 Å². The average molecular weight is 478 g/mol. The van der Waals surface area contributed by atoms with Crippen molar-refractivity contribution >= 4 is 21.8 Å². The van der Waals surface area contributed by atoms with Crippen LogP contribution in [0.25, 0.3) is 11.1 Å². The highest BCUT2D eigenvalue weighted by atomic mass is 32.2. The second kappa shape index (κ2) is 10.3. The highest BCUT2D eigenvalue weighted by Gasteiger charge is 2.31. The van der Waals surface area contributed by atoms with E-state index in [1.807, 2.05) is 49.4 Å². The number of carbonyl (C=O) groups excluding carboxylic acids is 2. The second-order valence-corrected chi connectivity index (χ2v) is 10.3. The smallest absolute Gasteiger partial charge is 0.338 e. The first-order chi connectivity index (χ1) is 16.4. The van der Waals surface area contributed by atoms with Gasteiger partial charge in [0.15, 0.2) is 12.4 Å². The van der Waals surface area contributed by atoms with Crippen LogP contribution < -0.4 is 0 Å². The van der Waals surface area contributed by atoms with Crippen LogP contribution in [0.15, 0.2) is 83.8 Å². The summed E-state index contributed by atoms with van der Waals surface area (Å²) in [6.45, 7) is 2.02. The zero-order chi connectivity index (χ0) is 24.1. The molecule has 3 aromatic carbocycles. The first kappa shape index (κ1) is 23.9. The van der Waals surface area contributed by atoms with Crippen molar-refractivity contribution in [1.82, 2.24) is 4.31 Å². The maximum Gasteiger partial charge on any atom is 0.338 e. The lowest BCUT2D eigenvalue weighted by Gasteiger charge is -2.32. The highest BCUT2D eigenvalue weighted by molar-refractivity contribution is 7.89. The lowest BCUT2D eigenvalue weighted by molar-refractivity contribution is 0.0474. The molecule has 0 radical (unpaired) electrons. The predicted octanol–water partition coefficient (Wildman–Crippen LogP) is 4.96. The molecular formula is C27H27NO5S. The third-order valence-corrected chi connectivity index (χ3v) is 8.11. The van der Waals surface area contributed by atoms with Crippen molar-refractivity contribution in [2.45, 2.75) is 37.1 Å². The molecule has 0 aromatic heterocycles. The van der Waals surface area contributed by atoms with Crippen LogP contribution in [0.3, 0.4) is 0 Å². The molecular weight excluding hydrogens is 450 g/mol. The van der Waals surface area contributed by atoms with Crippen LogP contribution in [-0.4, -0.2) is 43.7 Å². The third kappa shape index (κ3) is 5.26. The summed E-state index contributed by atoms with van der Waals surface area (Å²) in [6, 6.07) is 22.6. The number of benzene rings is 3. The number of Topliss-reactive ketones (excluding diaryl/α,β-unsaturated/α-hetero) is 1. The summed E-state index contributed by atoms with van der Waals surface area (Å²) in [5, 5.41) is 0. The summed E-state index contributed by atoms with van der Waals surface area (Å²) in [7, 11) is -3.61. The predicted molar refractivity (Wildman–Crippen MR) is 130 cm³/mol. The summed E-state index contributed by atoms with van der Waals surface area (Å²) in [4.78, 5) is 25.0. The number of carbonyl (C=O) groups is 2. The fourth-order valence-corrected chi connectivity index (χ4v) is 5.80. The lowest BCUT2D eigenvalue weighted by atomic mass is 10.0. The Labute approximate surface area is 200 Å². The van der Waals surface area contributed by atoms with E-state index in [1.54, 1.807) is 12.1 Å². The fourth-order valence-electron chi connectivity index (χ4n) is 4.10. The lowest BCUT2D eigenvalue weighted by Crippen LogP contribution is -2.41. The molecule has 0 spiro atoms. The first-order valence-electron chi connectivity index (χ1n) is 11.3. The number of ether oxygens (including phenoxy) is 1. The molecule has 0 unspecified atom stereocenters. The Hall–Kier alpha value is -3.29. The van der Waals surface area contributed by atoms with Gasteiger partial charge in [-0.3, -0.25) is 4.79 Å². The first-order valence-corrected chi connectivity index (χ1v) is 12.8. The molecule has 0 aliphatic carbocycles. The van der Waals surface area contributed by atoms with E-state index in [-0.39, 0.29) is 22.3 Å². The Balaban J connectivity index is 1.36. The Kier molecular flexibility index (Phi) is 7.24. The van der Waals surface area contributed by atoms with Gasteiger partial charge in [-0.2, -0.15) is 4.31 Å². The van der Waals surface area contributed by atoms with E-state index in [1.165, 1.54) is 28.6 Å². The van der Waals surface area contributed by atoms with Gasteiger partial charge in [0.1, 0.15) is 0 Å². The van der Waals surface area contributed by atoms with Crippen LogP contribution in [0.4, 0.5) is 0 Å². The van der Waals surface area contributed by atoms with Gasteiger partial charge in [0.25, 0.3) is 0 Å². The second-order valence-electron chi connectivity index (χ2n) is 8.43. The standard InChI is InChI=1S/C27H27NO5S/c1-20-7-5-6-18-28(20)34(31,32)25-16-14-24(15-17-25)27(30)33-19-26(29)23-12-10-22(11-13-23)21-8-3-2-4-9-21/h2-4,8-17,20H,5-7,18-19H2,1H3/t20-/m1/s1. The topological polar surface area (TPSA) is 80.8 Å². The Morgan fingerprint density at radius 3 is 2.12 bits per heavy atom. The quantitative estimate of drug-likeness (QED) is 0.355. The Bertz CT molecular complexity index is 1250.